The van der Waals surface area contributed by atoms with Gasteiger partial charge in [0.05, 0.1) is 29.4 Å². The quantitative estimate of drug-likeness (QED) is 0.897. The predicted molar refractivity (Wildman–Crippen MR) is 79.4 cm³/mol. The van der Waals surface area contributed by atoms with Gasteiger partial charge in [-0.25, -0.2) is 0 Å². The molecule has 5 nitrogen and oxygen atoms in total. The van der Waals surface area contributed by atoms with Crippen LogP contribution >= 0.6 is 0 Å². The van der Waals surface area contributed by atoms with Crippen molar-refractivity contribution in [3.8, 4) is 12.1 Å². The molecule has 21 heavy (non-hydrogen) atoms. The molecule has 0 atom stereocenters. The van der Waals surface area contributed by atoms with Gasteiger partial charge in [-0.05, 0) is 30.3 Å². The van der Waals surface area contributed by atoms with E-state index in [4.69, 9.17) is 10.5 Å². The van der Waals surface area contributed by atoms with Crippen LogP contribution in [0.25, 0.3) is 0 Å². The third kappa shape index (κ3) is 3.82. The molecule has 0 bridgehead atoms. The van der Waals surface area contributed by atoms with Gasteiger partial charge in [-0.15, -0.1) is 0 Å². The Bertz CT molecular complexity index is 740. The molecule has 0 aliphatic heterocycles. The van der Waals surface area contributed by atoms with Crippen LogP contribution in [0.4, 0.5) is 11.4 Å². The summed E-state index contributed by atoms with van der Waals surface area (Å²) >= 11 is 0. The van der Waals surface area contributed by atoms with E-state index in [2.05, 4.69) is 16.7 Å². The minimum Gasteiger partial charge on any atom is -0.375 e. The molecule has 0 unspecified atom stereocenters. The van der Waals surface area contributed by atoms with E-state index in [1.807, 2.05) is 6.07 Å². The van der Waals surface area contributed by atoms with Crippen molar-refractivity contribution in [2.75, 3.05) is 17.2 Å². The van der Waals surface area contributed by atoms with Crippen LogP contribution in [0, 0.1) is 22.7 Å². The van der Waals surface area contributed by atoms with Crippen LogP contribution in [0.15, 0.2) is 48.5 Å². The second kappa shape index (κ2) is 6.74. The standard InChI is InChI=1S/C16H12N4O/c17-9-12-4-3-6-14(8-12)20-16(21)11-19-15-7-2-1-5-13(15)10-18/h1-8,19H,11H2,(H,20,21). The highest BCUT2D eigenvalue weighted by Gasteiger charge is 2.05. The maximum absolute atomic E-state index is 11.8. The number of nitrogens with one attached hydrogen (secondary N) is 2. The highest BCUT2D eigenvalue weighted by Crippen LogP contribution is 2.13. The van der Waals surface area contributed by atoms with E-state index < -0.39 is 0 Å². The number of nitriles is 2. The van der Waals surface area contributed by atoms with Crippen LogP contribution in [0.3, 0.4) is 0 Å². The lowest BCUT2D eigenvalue weighted by Gasteiger charge is -2.09. The molecule has 2 aromatic rings. The van der Waals surface area contributed by atoms with Crippen LogP contribution in [0.1, 0.15) is 11.1 Å². The summed E-state index contributed by atoms with van der Waals surface area (Å²) in [7, 11) is 0. The highest BCUT2D eigenvalue weighted by atomic mass is 16.1. The largest absolute Gasteiger partial charge is 0.375 e. The van der Waals surface area contributed by atoms with Gasteiger partial charge in [0.25, 0.3) is 0 Å². The molecule has 2 N–H and O–H groups in total. The van der Waals surface area contributed by atoms with Gasteiger partial charge in [0.2, 0.25) is 5.91 Å². The SMILES string of the molecule is N#Cc1cccc(NC(=O)CNc2ccccc2C#N)c1. The van der Waals surface area contributed by atoms with Crippen molar-refractivity contribution in [2.24, 2.45) is 0 Å². The highest BCUT2D eigenvalue weighted by molar-refractivity contribution is 5.94. The third-order valence-corrected chi connectivity index (χ3v) is 2.76. The third-order valence-electron chi connectivity index (χ3n) is 2.76. The first kappa shape index (κ1) is 14.1. The summed E-state index contributed by atoms with van der Waals surface area (Å²) in [6.45, 7) is 0.0372. The van der Waals surface area contributed by atoms with Crippen molar-refractivity contribution in [3.63, 3.8) is 0 Å². The number of benzene rings is 2. The number of anilines is 2. The smallest absolute Gasteiger partial charge is 0.243 e. The van der Waals surface area contributed by atoms with Crippen LogP contribution in [0.5, 0.6) is 0 Å². The average Bonchev–Trinajstić information content (AvgIpc) is 2.53. The minimum absolute atomic E-state index is 0.0372. The van der Waals surface area contributed by atoms with Crippen molar-refractivity contribution in [1.29, 1.82) is 10.5 Å². The van der Waals surface area contributed by atoms with E-state index in [9.17, 15) is 4.79 Å². The van der Waals surface area contributed by atoms with E-state index in [-0.39, 0.29) is 12.5 Å². The Morgan fingerprint density at radius 1 is 1.05 bits per heavy atom. The van der Waals surface area contributed by atoms with Gasteiger partial charge in [-0.3, -0.25) is 4.79 Å². The zero-order valence-corrected chi connectivity index (χ0v) is 11.1. The topological polar surface area (TPSA) is 88.7 Å². The number of hydrogen-bond donors (Lipinski definition) is 2. The van der Waals surface area contributed by atoms with Crippen molar-refractivity contribution >= 4 is 17.3 Å². The molecule has 2 rings (SSSR count). The molecule has 0 aromatic heterocycles. The lowest BCUT2D eigenvalue weighted by Crippen LogP contribution is -2.22. The molecule has 0 saturated carbocycles. The number of nitrogens with zero attached hydrogens (tertiary/aromatic N) is 2. The predicted octanol–water partition coefficient (Wildman–Crippen LogP) is 2.48. The van der Waals surface area contributed by atoms with Gasteiger partial charge >= 0.3 is 0 Å². The molecule has 0 heterocycles. The number of rotatable bonds is 4. The summed E-state index contributed by atoms with van der Waals surface area (Å²) < 4.78 is 0. The van der Waals surface area contributed by atoms with Gasteiger partial charge < -0.3 is 10.6 Å². The zero-order chi connectivity index (χ0) is 15.1. The van der Waals surface area contributed by atoms with E-state index in [0.717, 1.165) is 0 Å². The van der Waals surface area contributed by atoms with Gasteiger partial charge in [-0.1, -0.05) is 18.2 Å². The normalized spacial score (nSPS) is 9.24. The fourth-order valence-corrected chi connectivity index (χ4v) is 1.78. The molecule has 102 valence electrons. The van der Waals surface area contributed by atoms with Crippen LogP contribution in [0.2, 0.25) is 0 Å². The molecule has 0 aliphatic carbocycles. The minimum atomic E-state index is -0.252. The van der Waals surface area contributed by atoms with Crippen molar-refractivity contribution < 1.29 is 4.79 Å². The second-order valence-electron chi connectivity index (χ2n) is 4.25. The molecule has 5 heteroatoms. The number of hydrogen-bond acceptors (Lipinski definition) is 4. The number of carbonyl (C=O) groups is 1. The first-order valence-electron chi connectivity index (χ1n) is 6.26. The molecule has 0 saturated heterocycles. The van der Waals surface area contributed by atoms with Gasteiger partial charge in [0.15, 0.2) is 0 Å². The number of carbonyl (C=O) groups excluding carboxylic acids is 1. The Balaban J connectivity index is 1.96. The molecule has 0 aliphatic rings. The number of para-hydroxylation sites is 1. The summed E-state index contributed by atoms with van der Waals surface area (Å²) in [5.74, 6) is -0.252. The Hall–Kier alpha value is -3.31. The van der Waals surface area contributed by atoms with Gasteiger partial charge in [0, 0.05) is 5.69 Å². The summed E-state index contributed by atoms with van der Waals surface area (Å²) in [5.41, 5.74) is 2.14. The summed E-state index contributed by atoms with van der Waals surface area (Å²) in [5, 5.41) is 23.4. The fourth-order valence-electron chi connectivity index (χ4n) is 1.78. The number of amides is 1. The molecule has 2 aromatic carbocycles. The van der Waals surface area contributed by atoms with E-state index in [1.54, 1.807) is 48.5 Å². The molecule has 0 fully saturated rings. The van der Waals surface area contributed by atoms with Crippen LogP contribution in [-0.4, -0.2) is 12.5 Å². The molecular formula is C16H12N4O. The summed E-state index contributed by atoms with van der Waals surface area (Å²) in [6.07, 6.45) is 0. The molecule has 0 spiro atoms. The molecule has 0 radical (unpaired) electrons. The lowest BCUT2D eigenvalue weighted by atomic mass is 10.2. The molecular weight excluding hydrogens is 264 g/mol. The lowest BCUT2D eigenvalue weighted by molar-refractivity contribution is -0.114. The Labute approximate surface area is 122 Å². The fraction of sp³-hybridized carbons (Fsp3) is 0.0625. The Kier molecular flexibility index (Phi) is 4.53. The maximum atomic E-state index is 11.8. The molecule has 1 amide bonds. The van der Waals surface area contributed by atoms with E-state index in [0.29, 0.717) is 22.5 Å². The average molecular weight is 276 g/mol. The Morgan fingerprint density at radius 2 is 1.86 bits per heavy atom. The van der Waals surface area contributed by atoms with E-state index >= 15 is 0 Å². The van der Waals surface area contributed by atoms with Crippen LogP contribution in [-0.2, 0) is 4.79 Å². The zero-order valence-electron chi connectivity index (χ0n) is 11.1. The first-order chi connectivity index (χ1) is 10.2. The van der Waals surface area contributed by atoms with Crippen molar-refractivity contribution in [2.45, 2.75) is 0 Å². The van der Waals surface area contributed by atoms with Crippen molar-refractivity contribution in [3.05, 3.63) is 59.7 Å². The van der Waals surface area contributed by atoms with Gasteiger partial charge in [0.1, 0.15) is 6.07 Å². The maximum Gasteiger partial charge on any atom is 0.243 e. The second-order valence-corrected chi connectivity index (χ2v) is 4.25. The van der Waals surface area contributed by atoms with Gasteiger partial charge in [-0.2, -0.15) is 10.5 Å². The first-order valence-corrected chi connectivity index (χ1v) is 6.26. The monoisotopic (exact) mass is 276 g/mol. The van der Waals surface area contributed by atoms with E-state index in [1.165, 1.54) is 0 Å². The van der Waals surface area contributed by atoms with Crippen LogP contribution < -0.4 is 10.6 Å². The van der Waals surface area contributed by atoms with Crippen molar-refractivity contribution in [1.82, 2.24) is 0 Å². The summed E-state index contributed by atoms with van der Waals surface area (Å²) in [6, 6.07) is 17.7. The summed E-state index contributed by atoms with van der Waals surface area (Å²) in [4.78, 5) is 11.8. The Morgan fingerprint density at radius 3 is 2.62 bits per heavy atom.